The monoisotopic (exact) mass is 1020 g/mol. The summed E-state index contributed by atoms with van der Waals surface area (Å²) >= 11 is 0. The molecule has 70 heavy (non-hydrogen) atoms. The van der Waals surface area contributed by atoms with E-state index < -0.39 is 57.6 Å². The summed E-state index contributed by atoms with van der Waals surface area (Å²) in [6, 6.07) is 21.2. The fraction of sp³-hybridized carbons (Fsp3) is 0.660. The van der Waals surface area contributed by atoms with Crippen molar-refractivity contribution in [2.24, 2.45) is 11.8 Å². The second-order valence-corrected chi connectivity index (χ2v) is 18.9. The fourth-order valence-corrected chi connectivity index (χ4v) is 7.40. The van der Waals surface area contributed by atoms with Gasteiger partial charge in [0.25, 0.3) is 10.1 Å². The maximum absolute atomic E-state index is 12.2. The van der Waals surface area contributed by atoms with E-state index in [4.69, 9.17) is 29.9 Å². The van der Waals surface area contributed by atoms with Gasteiger partial charge in [0, 0.05) is 25.7 Å². The van der Waals surface area contributed by atoms with Gasteiger partial charge in [-0.1, -0.05) is 172 Å². The number of aliphatic carboxylic acids is 4. The Morgan fingerprint density at radius 1 is 0.500 bits per heavy atom. The number of carboxylic acid groups (broad SMARTS) is 4. The number of aryl methyl sites for hydroxylation is 2. The van der Waals surface area contributed by atoms with Crippen LogP contribution in [-0.4, -0.2) is 87.7 Å². The van der Waals surface area contributed by atoms with Gasteiger partial charge in [0.05, 0.1) is 19.6 Å². The van der Waals surface area contributed by atoms with E-state index in [0.29, 0.717) is 12.8 Å². The van der Waals surface area contributed by atoms with Gasteiger partial charge in [-0.15, -0.1) is 0 Å². The summed E-state index contributed by atoms with van der Waals surface area (Å²) in [6.07, 6.45) is 19.4. The number of hydrogen-bond acceptors (Lipinski definition) is 10. The van der Waals surface area contributed by atoms with Crippen molar-refractivity contribution in [3.8, 4) is 0 Å². The number of rotatable bonds is 36. The summed E-state index contributed by atoms with van der Waals surface area (Å²) < 4.78 is 42.8. The zero-order valence-electron chi connectivity index (χ0n) is 44.0. The normalized spacial score (nSPS) is 11.8. The van der Waals surface area contributed by atoms with Crippen LogP contribution in [-0.2, 0) is 61.2 Å². The van der Waals surface area contributed by atoms with Crippen molar-refractivity contribution in [1.82, 2.24) is 0 Å². The molecule has 3 atom stereocenters. The Balaban J connectivity index is -0.000000444. The number of benzene rings is 2. The number of carbonyl (C=O) groups is 6. The number of esters is 2. The van der Waals surface area contributed by atoms with Crippen LogP contribution < -0.4 is 29.6 Å². The first-order valence-corrected chi connectivity index (χ1v) is 26.6. The standard InChI is InChI=1S/C20H38O7S.C14H14.C10H18O4.C9H16O4.Na.H/c1-5-9-11-16(7-3)14-26-19(21)13-18(28(23,24)25)20(22)27-15-17(8-4)12-10-6-2;1-3-7-13(8-4-1)11-12-14-9-5-2-6-10-14;11-9(12)7-5-3-1-2-4-6-8-10(13)14;10-8(11)6-4-2-1-3-5-7-9(12)13;;/h16-18H,5-15H2,1-4H3,(H,23,24,25);1-10H,11-12H2;1-8H2,(H,11,12)(H,13,14);1-7H2,(H,10,11)(H,12,13);;/q;;;;+1;-1. The third kappa shape index (κ3) is 46.5. The molecular formula is C53H87NaO15S. The minimum absolute atomic E-state index is 0. The van der Waals surface area contributed by atoms with E-state index in [-0.39, 0.29) is 81.7 Å². The molecule has 0 heterocycles. The molecule has 15 nitrogen and oxygen atoms in total. The minimum atomic E-state index is -4.76. The summed E-state index contributed by atoms with van der Waals surface area (Å²) in [5.41, 5.74) is 2.83. The maximum atomic E-state index is 12.2. The molecule has 3 unspecified atom stereocenters. The predicted octanol–water partition coefficient (Wildman–Crippen LogP) is 8.90. The molecule has 0 aliphatic carbocycles. The molecule has 0 radical (unpaired) electrons. The summed E-state index contributed by atoms with van der Waals surface area (Å²) in [5, 5.41) is 31.4. The Bertz CT molecular complexity index is 1670. The van der Waals surface area contributed by atoms with Gasteiger partial charge < -0.3 is 31.3 Å². The van der Waals surface area contributed by atoms with Crippen molar-refractivity contribution in [3.63, 3.8) is 0 Å². The second-order valence-electron chi connectivity index (χ2n) is 17.3. The van der Waals surface area contributed by atoms with Crippen LogP contribution in [0.3, 0.4) is 0 Å². The Labute approximate surface area is 442 Å². The van der Waals surface area contributed by atoms with Gasteiger partial charge in [-0.3, -0.25) is 33.3 Å². The van der Waals surface area contributed by atoms with Crippen LogP contribution in [0.25, 0.3) is 0 Å². The Hall–Kier alpha value is -3.83. The van der Waals surface area contributed by atoms with Crippen molar-refractivity contribution >= 4 is 45.9 Å². The molecule has 5 N–H and O–H groups in total. The van der Waals surface area contributed by atoms with E-state index in [1.165, 1.54) is 11.1 Å². The van der Waals surface area contributed by atoms with Gasteiger partial charge in [0.2, 0.25) is 0 Å². The Morgan fingerprint density at radius 3 is 1.10 bits per heavy atom. The van der Waals surface area contributed by atoms with Crippen molar-refractivity contribution in [2.75, 3.05) is 13.2 Å². The average Bonchev–Trinajstić information content (AvgIpc) is 3.31. The van der Waals surface area contributed by atoms with Crippen molar-refractivity contribution in [3.05, 3.63) is 71.8 Å². The summed E-state index contributed by atoms with van der Waals surface area (Å²) in [6.45, 7) is 8.35. The number of carbonyl (C=O) groups excluding carboxylic acids is 2. The average molecular weight is 1020 g/mol. The first-order valence-electron chi connectivity index (χ1n) is 25.1. The molecule has 0 aliphatic heterocycles. The fourth-order valence-electron chi connectivity index (χ4n) is 6.74. The molecule has 2 aromatic rings. The van der Waals surface area contributed by atoms with Gasteiger partial charge in [-0.2, -0.15) is 8.42 Å². The summed E-state index contributed by atoms with van der Waals surface area (Å²) in [5.74, 6) is -4.60. The van der Waals surface area contributed by atoms with Gasteiger partial charge in [-0.05, 0) is 74.3 Å². The van der Waals surface area contributed by atoms with Crippen molar-refractivity contribution in [2.45, 2.75) is 200 Å². The van der Waals surface area contributed by atoms with Crippen molar-refractivity contribution in [1.29, 1.82) is 0 Å². The van der Waals surface area contributed by atoms with Gasteiger partial charge >= 0.3 is 65.4 Å². The molecule has 0 fully saturated rings. The minimum Gasteiger partial charge on any atom is -1.00 e. The van der Waals surface area contributed by atoms with Crippen LogP contribution in [0.2, 0.25) is 0 Å². The molecule has 0 bridgehead atoms. The Kier molecular flexibility index (Phi) is 47.8. The van der Waals surface area contributed by atoms with E-state index >= 15 is 0 Å². The quantitative estimate of drug-likeness (QED) is 0.0185. The molecule has 2 rings (SSSR count). The molecule has 0 amide bonds. The third-order valence-corrected chi connectivity index (χ3v) is 12.3. The second kappa shape index (κ2) is 47.5. The first-order chi connectivity index (χ1) is 32.9. The van der Waals surface area contributed by atoms with E-state index in [2.05, 4.69) is 74.5 Å². The molecular weight excluding hydrogens is 932 g/mol. The predicted molar refractivity (Wildman–Crippen MR) is 270 cm³/mol. The molecule has 0 aliphatic rings. The number of unbranched alkanes of at least 4 members (excludes halogenated alkanes) is 11. The molecule has 0 saturated heterocycles. The van der Waals surface area contributed by atoms with Crippen LogP contribution in [0.15, 0.2) is 60.7 Å². The van der Waals surface area contributed by atoms with Crippen LogP contribution in [0, 0.1) is 11.8 Å². The molecule has 0 spiro atoms. The van der Waals surface area contributed by atoms with Gasteiger partial charge in [-0.25, -0.2) is 0 Å². The first kappa shape index (κ1) is 70.4. The molecule has 17 heteroatoms. The van der Waals surface area contributed by atoms with E-state index in [1.807, 2.05) is 13.8 Å². The SMILES string of the molecule is CCCCC(CC)COC(=O)CC(C(=O)OCC(CC)CCCC)S(=O)(=O)O.O=C(O)CCCCCCCC(=O)O.O=C(O)CCCCCCCCC(=O)O.[H-].[Na+].c1ccc(CCc2ccccc2)cc1. The van der Waals surface area contributed by atoms with Gasteiger partial charge in [0.1, 0.15) is 0 Å². The molecule has 0 aromatic heterocycles. The smallest absolute Gasteiger partial charge is 1.00 e. The van der Waals surface area contributed by atoms with Crippen molar-refractivity contribution < 1.29 is 103 Å². The van der Waals surface area contributed by atoms with Crippen LogP contribution in [0.4, 0.5) is 0 Å². The summed E-state index contributed by atoms with van der Waals surface area (Å²) in [4.78, 5) is 64.7. The zero-order chi connectivity index (χ0) is 52.1. The number of ether oxygens (including phenoxy) is 2. The molecule has 2 aromatic carbocycles. The molecule has 396 valence electrons. The van der Waals surface area contributed by atoms with E-state index in [1.54, 1.807) is 0 Å². The van der Waals surface area contributed by atoms with Gasteiger partial charge in [0.15, 0.2) is 5.25 Å². The van der Waals surface area contributed by atoms with Crippen LogP contribution in [0.5, 0.6) is 0 Å². The third-order valence-electron chi connectivity index (χ3n) is 11.2. The van der Waals surface area contributed by atoms with E-state index in [0.717, 1.165) is 122 Å². The van der Waals surface area contributed by atoms with Crippen LogP contribution in [0.1, 0.15) is 194 Å². The Morgan fingerprint density at radius 2 is 0.814 bits per heavy atom. The summed E-state index contributed by atoms with van der Waals surface area (Å²) in [7, 11) is -4.76. The topological polar surface area (TPSA) is 256 Å². The largest absolute Gasteiger partial charge is 1.00 e. The zero-order valence-corrected chi connectivity index (χ0v) is 45.8. The maximum Gasteiger partial charge on any atom is 1.00 e. The number of carboxylic acids is 4. The number of hydrogen-bond donors (Lipinski definition) is 5. The van der Waals surface area contributed by atoms with E-state index in [9.17, 15) is 41.7 Å². The molecule has 0 saturated carbocycles. The van der Waals surface area contributed by atoms with Crippen LogP contribution >= 0.6 is 0 Å².